The summed E-state index contributed by atoms with van der Waals surface area (Å²) in [7, 11) is 6.94. The van der Waals surface area contributed by atoms with E-state index in [4.69, 9.17) is 28.4 Å². The Hall–Kier alpha value is -1.92. The van der Waals surface area contributed by atoms with Gasteiger partial charge < -0.3 is 28.4 Å². The third-order valence-corrected chi connectivity index (χ3v) is 8.29. The first-order chi connectivity index (χ1) is 21.0. The number of benzene rings is 1. The van der Waals surface area contributed by atoms with Gasteiger partial charge in [-0.1, -0.05) is 95.6 Å². The van der Waals surface area contributed by atoms with E-state index in [0.29, 0.717) is 24.7 Å². The third kappa shape index (κ3) is 16.7. The van der Waals surface area contributed by atoms with Crippen LogP contribution in [0.4, 0.5) is 0 Å². The number of ether oxygens (including phenoxy) is 6. The van der Waals surface area contributed by atoms with Crippen molar-refractivity contribution in [1.82, 2.24) is 0 Å². The van der Waals surface area contributed by atoms with E-state index in [-0.39, 0.29) is 0 Å². The van der Waals surface area contributed by atoms with Crippen LogP contribution in [-0.4, -0.2) is 54.9 Å². The van der Waals surface area contributed by atoms with Crippen molar-refractivity contribution in [2.75, 3.05) is 54.9 Å². The van der Waals surface area contributed by atoms with E-state index < -0.39 is 0 Å². The zero-order valence-corrected chi connectivity index (χ0v) is 29.1. The maximum atomic E-state index is 6.48. The van der Waals surface area contributed by atoms with Gasteiger partial charge in [-0.2, -0.15) is 0 Å². The fourth-order valence-electron chi connectivity index (χ4n) is 5.35. The summed E-state index contributed by atoms with van der Waals surface area (Å²) in [6.07, 6.45) is 23.7. The van der Waals surface area contributed by atoms with Crippen LogP contribution in [0.15, 0.2) is 11.6 Å². The van der Waals surface area contributed by atoms with Crippen LogP contribution in [-0.2, 0) is 15.9 Å². The topological polar surface area (TPSA) is 55.4 Å². The second kappa shape index (κ2) is 26.5. The van der Waals surface area contributed by atoms with Gasteiger partial charge in [-0.05, 0) is 52.4 Å². The van der Waals surface area contributed by atoms with Crippen LogP contribution in [0, 0.1) is 6.92 Å². The Bertz CT molecular complexity index is 850. The SMILES string of the molecule is CC/C(C)=C/Cc1c(C)c(OCCCCCCCCCCOC)c(OC)c(OC)c1OCCCCCCCCCCOC. The first-order valence-electron chi connectivity index (χ1n) is 17.2. The molecule has 6 heteroatoms. The Balaban J connectivity index is 2.77. The van der Waals surface area contributed by atoms with Crippen molar-refractivity contribution < 1.29 is 28.4 Å². The van der Waals surface area contributed by atoms with Crippen molar-refractivity contribution in [1.29, 1.82) is 0 Å². The molecule has 0 amide bonds. The lowest BCUT2D eigenvalue weighted by Crippen LogP contribution is -2.09. The van der Waals surface area contributed by atoms with Gasteiger partial charge in [-0.3, -0.25) is 0 Å². The molecule has 1 aromatic carbocycles. The molecule has 0 radical (unpaired) electrons. The second-order valence-corrected chi connectivity index (χ2v) is 11.8. The molecule has 0 bridgehead atoms. The molecular formula is C37H66O6. The molecule has 0 spiro atoms. The molecule has 0 aliphatic rings. The Morgan fingerprint density at radius 1 is 0.512 bits per heavy atom. The summed E-state index contributed by atoms with van der Waals surface area (Å²) in [4.78, 5) is 0. The smallest absolute Gasteiger partial charge is 0.207 e. The van der Waals surface area contributed by atoms with Gasteiger partial charge in [0.25, 0.3) is 0 Å². The molecule has 0 saturated carbocycles. The van der Waals surface area contributed by atoms with Crippen LogP contribution >= 0.6 is 0 Å². The van der Waals surface area contributed by atoms with Crippen LogP contribution in [0.1, 0.15) is 134 Å². The van der Waals surface area contributed by atoms with E-state index >= 15 is 0 Å². The highest BCUT2D eigenvalue weighted by atomic mass is 16.5. The minimum atomic E-state index is 0.638. The van der Waals surface area contributed by atoms with E-state index in [0.717, 1.165) is 61.5 Å². The maximum Gasteiger partial charge on any atom is 0.207 e. The van der Waals surface area contributed by atoms with Crippen LogP contribution in [0.3, 0.4) is 0 Å². The second-order valence-electron chi connectivity index (χ2n) is 11.8. The predicted molar refractivity (Wildman–Crippen MR) is 181 cm³/mol. The van der Waals surface area contributed by atoms with Gasteiger partial charge in [0.15, 0.2) is 11.5 Å². The van der Waals surface area contributed by atoms with Crippen LogP contribution < -0.4 is 18.9 Å². The van der Waals surface area contributed by atoms with E-state index in [9.17, 15) is 0 Å². The minimum absolute atomic E-state index is 0.638. The Morgan fingerprint density at radius 2 is 0.884 bits per heavy atom. The number of rotatable bonds is 29. The predicted octanol–water partition coefficient (Wildman–Crippen LogP) is 10.2. The lowest BCUT2D eigenvalue weighted by atomic mass is 9.99. The molecule has 0 fully saturated rings. The lowest BCUT2D eigenvalue weighted by molar-refractivity contribution is 0.192. The van der Waals surface area contributed by atoms with Gasteiger partial charge in [0.2, 0.25) is 11.5 Å². The highest BCUT2D eigenvalue weighted by Crippen LogP contribution is 2.50. The van der Waals surface area contributed by atoms with Crippen molar-refractivity contribution in [2.24, 2.45) is 0 Å². The molecule has 43 heavy (non-hydrogen) atoms. The molecule has 250 valence electrons. The molecule has 0 unspecified atom stereocenters. The summed E-state index contributed by atoms with van der Waals surface area (Å²) in [5.41, 5.74) is 3.57. The summed E-state index contributed by atoms with van der Waals surface area (Å²) < 4.78 is 35.0. The first-order valence-corrected chi connectivity index (χ1v) is 17.2. The summed E-state index contributed by atoms with van der Waals surface area (Å²) in [6.45, 7) is 9.61. The highest BCUT2D eigenvalue weighted by molar-refractivity contribution is 5.67. The van der Waals surface area contributed by atoms with Crippen molar-refractivity contribution in [2.45, 2.75) is 136 Å². The van der Waals surface area contributed by atoms with Crippen molar-refractivity contribution in [3.8, 4) is 23.0 Å². The van der Waals surface area contributed by atoms with Gasteiger partial charge in [0.05, 0.1) is 27.4 Å². The van der Waals surface area contributed by atoms with Gasteiger partial charge in [0, 0.05) is 38.6 Å². The molecule has 0 aliphatic carbocycles. The van der Waals surface area contributed by atoms with Crippen LogP contribution in [0.5, 0.6) is 23.0 Å². The van der Waals surface area contributed by atoms with E-state index in [1.807, 2.05) is 0 Å². The minimum Gasteiger partial charge on any atom is -0.490 e. The Morgan fingerprint density at radius 3 is 1.28 bits per heavy atom. The Kier molecular flexibility index (Phi) is 24.1. The first kappa shape index (κ1) is 39.1. The molecule has 0 aromatic heterocycles. The van der Waals surface area contributed by atoms with Gasteiger partial charge in [-0.25, -0.2) is 0 Å². The molecule has 0 heterocycles. The average molecular weight is 607 g/mol. The van der Waals surface area contributed by atoms with Gasteiger partial charge in [-0.15, -0.1) is 0 Å². The summed E-state index contributed by atoms with van der Waals surface area (Å²) >= 11 is 0. The van der Waals surface area contributed by atoms with Crippen molar-refractivity contribution in [3.05, 3.63) is 22.8 Å². The standard InChI is InChI=1S/C37H66O6/c1-8-31(2)25-26-33-32(3)34(42-29-23-19-15-11-9-13-17-21-27-38-4)36(40-6)37(41-7)35(33)43-30-24-20-16-12-10-14-18-22-28-39-5/h25H,8-24,26-30H2,1-7H3/b31-25+. The number of methoxy groups -OCH3 is 4. The number of unbranched alkanes of at least 4 members (excludes halogenated alkanes) is 14. The fourth-order valence-corrected chi connectivity index (χ4v) is 5.35. The molecule has 0 N–H and O–H groups in total. The van der Waals surface area contributed by atoms with Gasteiger partial charge >= 0.3 is 0 Å². The Labute approximate surface area is 265 Å². The van der Waals surface area contributed by atoms with Gasteiger partial charge in [0.1, 0.15) is 0 Å². The third-order valence-electron chi connectivity index (χ3n) is 8.29. The molecule has 0 aliphatic heterocycles. The van der Waals surface area contributed by atoms with Crippen LogP contribution in [0.2, 0.25) is 0 Å². The van der Waals surface area contributed by atoms with Crippen molar-refractivity contribution >= 4 is 0 Å². The largest absolute Gasteiger partial charge is 0.490 e. The monoisotopic (exact) mass is 606 g/mol. The van der Waals surface area contributed by atoms with E-state index in [2.05, 4.69) is 26.8 Å². The average Bonchev–Trinajstić information content (AvgIpc) is 3.02. The zero-order valence-electron chi connectivity index (χ0n) is 29.1. The highest BCUT2D eigenvalue weighted by Gasteiger charge is 2.25. The molecule has 0 atom stereocenters. The van der Waals surface area contributed by atoms with E-state index in [1.54, 1.807) is 28.4 Å². The molecular weight excluding hydrogens is 540 g/mol. The number of allylic oxidation sites excluding steroid dienone is 2. The summed E-state index contributed by atoms with van der Waals surface area (Å²) in [5, 5.41) is 0. The zero-order chi connectivity index (χ0) is 31.5. The van der Waals surface area contributed by atoms with Crippen molar-refractivity contribution in [3.63, 3.8) is 0 Å². The van der Waals surface area contributed by atoms with E-state index in [1.165, 1.54) is 95.5 Å². The maximum absolute atomic E-state index is 6.48. The summed E-state index contributed by atoms with van der Waals surface area (Å²) in [5.74, 6) is 2.87. The molecule has 1 aromatic rings. The molecule has 1 rings (SSSR count). The van der Waals surface area contributed by atoms with Crippen LogP contribution in [0.25, 0.3) is 0 Å². The fraction of sp³-hybridized carbons (Fsp3) is 0.784. The number of hydrogen-bond acceptors (Lipinski definition) is 6. The summed E-state index contributed by atoms with van der Waals surface area (Å²) in [6, 6.07) is 0. The molecule has 6 nitrogen and oxygen atoms in total. The lowest BCUT2D eigenvalue weighted by Gasteiger charge is -2.23. The molecule has 0 saturated heterocycles. The number of hydrogen-bond donors (Lipinski definition) is 0. The quantitative estimate of drug-likeness (QED) is 0.0668. The normalized spacial score (nSPS) is 11.7.